The Hall–Kier alpha value is -1.13. The van der Waals surface area contributed by atoms with Gasteiger partial charge in [0.05, 0.1) is 0 Å². The van der Waals surface area contributed by atoms with Gasteiger partial charge < -0.3 is 0 Å². The second-order valence-corrected chi connectivity index (χ2v) is 9.74. The lowest BCUT2D eigenvalue weighted by Gasteiger charge is -2.28. The quantitative estimate of drug-likeness (QED) is 0.731. The molecule has 0 saturated heterocycles. The zero-order valence-corrected chi connectivity index (χ0v) is 12.9. The lowest BCUT2D eigenvalue weighted by Crippen LogP contribution is -2.55. The van der Waals surface area contributed by atoms with Crippen LogP contribution in [-0.4, -0.2) is 18.3 Å². The highest BCUT2D eigenvalue weighted by Crippen LogP contribution is 2.14. The summed E-state index contributed by atoms with van der Waals surface area (Å²) in [6.07, 6.45) is 1.24. The molecule has 2 aromatic carbocycles. The van der Waals surface area contributed by atoms with Gasteiger partial charge in [-0.1, -0.05) is 90.0 Å². The van der Waals surface area contributed by atoms with Crippen molar-refractivity contribution >= 4 is 28.7 Å². The fourth-order valence-corrected chi connectivity index (χ4v) is 6.69. The van der Waals surface area contributed by atoms with Crippen molar-refractivity contribution in [2.45, 2.75) is 25.1 Å². The topological polar surface area (TPSA) is 0 Å². The van der Waals surface area contributed by atoms with Crippen molar-refractivity contribution in [1.82, 2.24) is 0 Å². The summed E-state index contributed by atoms with van der Waals surface area (Å²) in [5.74, 6) is 0. The molecule has 0 aliphatic carbocycles. The number of hydrogen-bond acceptors (Lipinski definition) is 0. The van der Waals surface area contributed by atoms with Crippen LogP contribution in [0.5, 0.6) is 0 Å². The summed E-state index contributed by atoms with van der Waals surface area (Å²) in [5, 5.41) is 3.08. The van der Waals surface area contributed by atoms with Crippen molar-refractivity contribution in [1.29, 1.82) is 0 Å². The molecule has 0 unspecified atom stereocenters. The highest BCUT2D eigenvalue weighted by Gasteiger charge is 2.30. The third-order valence-corrected chi connectivity index (χ3v) is 8.60. The van der Waals surface area contributed by atoms with Crippen LogP contribution in [0.2, 0.25) is 18.6 Å². The summed E-state index contributed by atoms with van der Waals surface area (Å²) >= 11 is 0. The first-order chi connectivity index (χ1) is 8.77. The van der Waals surface area contributed by atoms with Crippen LogP contribution in [0.3, 0.4) is 0 Å². The van der Waals surface area contributed by atoms with E-state index in [2.05, 4.69) is 77.5 Å². The van der Waals surface area contributed by atoms with Crippen LogP contribution in [0.1, 0.15) is 6.42 Å². The zero-order valence-electron chi connectivity index (χ0n) is 10.9. The summed E-state index contributed by atoms with van der Waals surface area (Å²) < 4.78 is 0. The lowest BCUT2D eigenvalue weighted by atomic mass is 10.4. The minimum atomic E-state index is -1.55. The van der Waals surface area contributed by atoms with Crippen molar-refractivity contribution in [3.05, 3.63) is 60.7 Å². The van der Waals surface area contributed by atoms with E-state index in [-0.39, 0.29) is 0 Å². The molecular formula is C16H19Si2. The zero-order chi connectivity index (χ0) is 12.8. The Labute approximate surface area is 115 Å². The van der Waals surface area contributed by atoms with Gasteiger partial charge in [0.2, 0.25) is 0 Å². The molecule has 0 aromatic heterocycles. The summed E-state index contributed by atoms with van der Waals surface area (Å²) in [5.41, 5.74) is 0. The maximum atomic E-state index is 3.62. The van der Waals surface area contributed by atoms with Gasteiger partial charge in [0.15, 0.2) is 0 Å². The van der Waals surface area contributed by atoms with Gasteiger partial charge in [-0.3, -0.25) is 0 Å². The van der Waals surface area contributed by atoms with Crippen LogP contribution >= 0.6 is 0 Å². The van der Waals surface area contributed by atoms with Crippen LogP contribution in [0.15, 0.2) is 60.7 Å². The van der Waals surface area contributed by atoms with E-state index in [9.17, 15) is 0 Å². The van der Waals surface area contributed by atoms with E-state index < -0.39 is 8.07 Å². The third-order valence-electron chi connectivity index (χ3n) is 3.68. The fourth-order valence-electron chi connectivity index (χ4n) is 2.51. The van der Waals surface area contributed by atoms with Crippen LogP contribution < -0.4 is 10.4 Å². The Morgan fingerprint density at radius 2 is 1.28 bits per heavy atom. The predicted octanol–water partition coefficient (Wildman–Crippen LogP) is 2.86. The van der Waals surface area contributed by atoms with E-state index >= 15 is 0 Å². The molecule has 0 saturated carbocycles. The summed E-state index contributed by atoms with van der Waals surface area (Å²) in [6.45, 7) is 2.49. The Morgan fingerprint density at radius 1 is 0.833 bits per heavy atom. The molecule has 0 spiro atoms. The average molecular weight is 268 g/mol. The van der Waals surface area contributed by atoms with Crippen LogP contribution in [0, 0.1) is 0 Å². The van der Waals surface area contributed by atoms with Gasteiger partial charge >= 0.3 is 0 Å². The van der Waals surface area contributed by atoms with Gasteiger partial charge in [0.1, 0.15) is 8.07 Å². The van der Waals surface area contributed by atoms with Gasteiger partial charge in [-0.05, 0) is 6.04 Å². The summed E-state index contributed by atoms with van der Waals surface area (Å²) in [4.78, 5) is 0. The molecule has 2 heteroatoms. The molecule has 0 amide bonds. The molecule has 0 heterocycles. The fraction of sp³-hybridized carbons (Fsp3) is 0.250. The van der Waals surface area contributed by atoms with Crippen LogP contribution in [-0.2, 0) is 0 Å². The molecule has 3 radical (unpaired) electrons. The number of hydrogen-bond donors (Lipinski definition) is 0. The molecule has 0 bridgehead atoms. The van der Waals surface area contributed by atoms with Gasteiger partial charge in [-0.2, -0.15) is 0 Å². The van der Waals surface area contributed by atoms with E-state index in [4.69, 9.17) is 0 Å². The smallest absolute Gasteiger partial charge is 0.0640 e. The molecule has 0 N–H and O–H groups in total. The van der Waals surface area contributed by atoms with E-state index in [1.165, 1.54) is 22.8 Å². The SMILES string of the molecule is C[Si](CCC[Si])(c1ccccc1)c1ccccc1. The standard InChI is InChI=1S/C16H19Si2/c1-18(14-8-13-17,15-9-4-2-5-10-15)16-11-6-3-7-12-16/h2-7,9-12H,8,13-14H2,1H3. The van der Waals surface area contributed by atoms with E-state index in [1.54, 1.807) is 0 Å². The van der Waals surface area contributed by atoms with E-state index in [0.29, 0.717) is 0 Å². The molecule has 0 atom stereocenters. The van der Waals surface area contributed by atoms with E-state index in [1.807, 2.05) is 0 Å². The van der Waals surface area contributed by atoms with Gasteiger partial charge in [-0.25, -0.2) is 0 Å². The molecule has 0 aliphatic heterocycles. The second-order valence-electron chi connectivity index (χ2n) is 4.92. The molecule has 18 heavy (non-hydrogen) atoms. The van der Waals surface area contributed by atoms with E-state index in [0.717, 1.165) is 6.04 Å². The van der Waals surface area contributed by atoms with Crippen molar-refractivity contribution < 1.29 is 0 Å². The van der Waals surface area contributed by atoms with Crippen LogP contribution in [0.25, 0.3) is 0 Å². The van der Waals surface area contributed by atoms with Crippen LogP contribution in [0.4, 0.5) is 0 Å². The molecule has 0 nitrogen and oxygen atoms in total. The lowest BCUT2D eigenvalue weighted by molar-refractivity contribution is 1.05. The monoisotopic (exact) mass is 267 g/mol. The first-order valence-corrected chi connectivity index (χ1v) is 9.94. The van der Waals surface area contributed by atoms with Gasteiger partial charge in [-0.15, -0.1) is 0 Å². The highest BCUT2D eigenvalue weighted by atomic mass is 28.3. The molecular weight excluding hydrogens is 248 g/mol. The Kier molecular flexibility index (Phi) is 4.56. The number of rotatable bonds is 5. The third kappa shape index (κ3) is 2.82. The molecule has 2 rings (SSSR count). The average Bonchev–Trinajstić information content (AvgIpc) is 2.46. The van der Waals surface area contributed by atoms with Crippen molar-refractivity contribution in [3.8, 4) is 0 Å². The minimum absolute atomic E-state index is 1.09. The largest absolute Gasteiger partial charge is 0.115 e. The van der Waals surface area contributed by atoms with Crippen molar-refractivity contribution in [2.75, 3.05) is 0 Å². The Balaban J connectivity index is 2.41. The normalized spacial score (nSPS) is 11.4. The molecule has 0 fully saturated rings. The second kappa shape index (κ2) is 6.16. The highest BCUT2D eigenvalue weighted by molar-refractivity contribution is 7.01. The summed E-state index contributed by atoms with van der Waals surface area (Å²) in [6, 6.07) is 24.4. The van der Waals surface area contributed by atoms with Crippen molar-refractivity contribution in [3.63, 3.8) is 0 Å². The maximum Gasteiger partial charge on any atom is 0.115 e. The first-order valence-electron chi connectivity index (χ1n) is 6.53. The van der Waals surface area contributed by atoms with Gasteiger partial charge in [0.25, 0.3) is 0 Å². The Bertz CT molecular complexity index is 425. The molecule has 0 aliphatic rings. The number of benzene rings is 2. The predicted molar refractivity (Wildman–Crippen MR) is 83.8 cm³/mol. The minimum Gasteiger partial charge on any atom is -0.0640 e. The first kappa shape index (κ1) is 13.3. The summed E-state index contributed by atoms with van der Waals surface area (Å²) in [7, 11) is 2.06. The van der Waals surface area contributed by atoms with Crippen molar-refractivity contribution in [2.24, 2.45) is 0 Å². The van der Waals surface area contributed by atoms with Gasteiger partial charge in [0, 0.05) is 10.2 Å². The molecule has 2 aromatic rings. The Morgan fingerprint density at radius 3 is 1.67 bits per heavy atom. The molecule has 91 valence electrons. The maximum absolute atomic E-state index is 3.62.